The van der Waals surface area contributed by atoms with E-state index in [-0.39, 0.29) is 10.6 Å². The number of rotatable bonds is 7. The maximum atomic E-state index is 13.1. The van der Waals surface area contributed by atoms with Gasteiger partial charge in [0, 0.05) is 29.3 Å². The molecule has 154 valence electrons. The lowest BCUT2D eigenvalue weighted by atomic mass is 10.1. The second kappa shape index (κ2) is 8.04. The molecule has 0 atom stereocenters. The summed E-state index contributed by atoms with van der Waals surface area (Å²) < 4.78 is 49.8. The number of anilines is 1. The summed E-state index contributed by atoms with van der Waals surface area (Å²) in [5.74, 6) is 1.61. The highest BCUT2D eigenvalue weighted by Gasteiger charge is 2.23. The fourth-order valence-electron chi connectivity index (χ4n) is 2.79. The Morgan fingerprint density at radius 2 is 1.59 bits per heavy atom. The van der Waals surface area contributed by atoms with E-state index in [1.54, 1.807) is 30.3 Å². The zero-order chi connectivity index (χ0) is 21.2. The molecule has 0 fully saturated rings. The molecule has 0 saturated heterocycles. The molecule has 0 bridgehead atoms. The molecule has 0 aliphatic heterocycles. The summed E-state index contributed by atoms with van der Waals surface area (Å²) in [6.07, 6.45) is 0. The van der Waals surface area contributed by atoms with Gasteiger partial charge in [-0.15, -0.1) is 0 Å². The maximum Gasteiger partial charge on any atom is 0.265 e. The lowest BCUT2D eigenvalue weighted by Crippen LogP contribution is -2.14. The number of hydrogen-bond acceptors (Lipinski definition) is 7. The van der Waals surface area contributed by atoms with Gasteiger partial charge in [-0.2, -0.15) is 0 Å². The van der Waals surface area contributed by atoms with Gasteiger partial charge in [0.05, 0.1) is 32.7 Å². The van der Waals surface area contributed by atoms with E-state index in [1.807, 2.05) is 13.8 Å². The lowest BCUT2D eigenvalue weighted by Gasteiger charge is -2.14. The van der Waals surface area contributed by atoms with Crippen molar-refractivity contribution in [1.82, 2.24) is 5.16 Å². The van der Waals surface area contributed by atoms with Crippen LogP contribution < -0.4 is 18.9 Å². The summed E-state index contributed by atoms with van der Waals surface area (Å²) in [6, 6.07) is 9.55. The Bertz CT molecular complexity index is 1120. The van der Waals surface area contributed by atoms with Crippen molar-refractivity contribution >= 4 is 15.7 Å². The minimum absolute atomic E-state index is 0.0345. The number of hydrogen-bond donors (Lipinski definition) is 1. The van der Waals surface area contributed by atoms with E-state index < -0.39 is 10.0 Å². The van der Waals surface area contributed by atoms with Gasteiger partial charge < -0.3 is 18.7 Å². The molecule has 3 rings (SSSR count). The Balaban J connectivity index is 2.06. The van der Waals surface area contributed by atoms with Crippen LogP contribution in [0.25, 0.3) is 11.3 Å². The Morgan fingerprint density at radius 1 is 0.931 bits per heavy atom. The third kappa shape index (κ3) is 4.14. The maximum absolute atomic E-state index is 13.1. The normalized spacial score (nSPS) is 11.2. The van der Waals surface area contributed by atoms with E-state index in [0.717, 1.165) is 11.3 Å². The Kier molecular flexibility index (Phi) is 5.69. The minimum Gasteiger partial charge on any atom is -0.497 e. The summed E-state index contributed by atoms with van der Waals surface area (Å²) in [5, 5.41) is 3.93. The average Bonchev–Trinajstić information content (AvgIpc) is 3.05. The molecule has 1 heterocycles. The van der Waals surface area contributed by atoms with E-state index in [0.29, 0.717) is 28.5 Å². The molecule has 0 saturated carbocycles. The van der Waals surface area contributed by atoms with Crippen molar-refractivity contribution in [3.63, 3.8) is 0 Å². The van der Waals surface area contributed by atoms with Crippen LogP contribution in [0.4, 0.5) is 5.69 Å². The highest BCUT2D eigenvalue weighted by atomic mass is 32.2. The van der Waals surface area contributed by atoms with E-state index in [1.165, 1.54) is 27.4 Å². The van der Waals surface area contributed by atoms with Crippen molar-refractivity contribution in [2.24, 2.45) is 0 Å². The fraction of sp³-hybridized carbons (Fsp3) is 0.250. The van der Waals surface area contributed by atoms with E-state index in [4.69, 9.17) is 18.7 Å². The van der Waals surface area contributed by atoms with Crippen molar-refractivity contribution in [2.45, 2.75) is 18.7 Å². The van der Waals surface area contributed by atoms with Crippen LogP contribution in [0.2, 0.25) is 0 Å². The van der Waals surface area contributed by atoms with Crippen LogP contribution in [-0.4, -0.2) is 34.9 Å². The van der Waals surface area contributed by atoms with Gasteiger partial charge in [0.1, 0.15) is 22.1 Å². The van der Waals surface area contributed by atoms with Crippen molar-refractivity contribution in [1.29, 1.82) is 0 Å². The topological polar surface area (TPSA) is 99.9 Å². The van der Waals surface area contributed by atoms with Gasteiger partial charge in [0.25, 0.3) is 10.0 Å². The average molecular weight is 418 g/mol. The van der Waals surface area contributed by atoms with Crippen LogP contribution in [0, 0.1) is 13.8 Å². The van der Waals surface area contributed by atoms with Crippen LogP contribution in [0.15, 0.2) is 45.8 Å². The first kappa shape index (κ1) is 20.5. The van der Waals surface area contributed by atoms with Crippen molar-refractivity contribution < 1.29 is 27.2 Å². The van der Waals surface area contributed by atoms with E-state index in [9.17, 15) is 8.42 Å². The first-order valence-electron chi connectivity index (χ1n) is 8.66. The number of nitrogens with one attached hydrogen (secondary N) is 1. The first-order chi connectivity index (χ1) is 13.8. The highest BCUT2D eigenvalue weighted by Crippen LogP contribution is 2.34. The Hall–Kier alpha value is -3.20. The highest BCUT2D eigenvalue weighted by molar-refractivity contribution is 7.92. The van der Waals surface area contributed by atoms with Crippen LogP contribution in [0.5, 0.6) is 17.2 Å². The number of ether oxygens (including phenoxy) is 3. The molecule has 0 aliphatic rings. The third-order valence-electron chi connectivity index (χ3n) is 4.48. The monoisotopic (exact) mass is 418 g/mol. The molecular formula is C20H22N2O6S. The molecule has 0 aliphatic carbocycles. The van der Waals surface area contributed by atoms with Gasteiger partial charge >= 0.3 is 0 Å². The number of aryl methyl sites for hydroxylation is 1. The second-order valence-electron chi connectivity index (χ2n) is 6.29. The largest absolute Gasteiger partial charge is 0.497 e. The fourth-order valence-corrected chi connectivity index (χ4v) is 4.03. The summed E-state index contributed by atoms with van der Waals surface area (Å²) in [5.41, 5.74) is 2.44. The number of nitrogens with zero attached hydrogens (tertiary/aromatic N) is 1. The Labute approximate surface area is 169 Å². The van der Waals surface area contributed by atoms with Gasteiger partial charge in [-0.05, 0) is 32.0 Å². The predicted molar refractivity (Wildman–Crippen MR) is 108 cm³/mol. The molecule has 1 aromatic heterocycles. The molecule has 3 aromatic rings. The van der Waals surface area contributed by atoms with Gasteiger partial charge in [0.15, 0.2) is 5.76 Å². The molecular weight excluding hydrogens is 396 g/mol. The molecule has 0 radical (unpaired) electrons. The molecule has 0 spiro atoms. The first-order valence-corrected chi connectivity index (χ1v) is 10.1. The molecule has 0 amide bonds. The SMILES string of the molecule is COc1cc(NS(=O)(=O)c2cc(-c3onc(C)c3C)ccc2OC)cc(OC)c1. The van der Waals surface area contributed by atoms with Gasteiger partial charge in [0.2, 0.25) is 0 Å². The lowest BCUT2D eigenvalue weighted by molar-refractivity contribution is 0.395. The Morgan fingerprint density at radius 3 is 2.10 bits per heavy atom. The third-order valence-corrected chi connectivity index (χ3v) is 5.88. The number of aromatic nitrogens is 1. The summed E-state index contributed by atoms with van der Waals surface area (Å²) in [4.78, 5) is -0.0345. The summed E-state index contributed by atoms with van der Waals surface area (Å²) >= 11 is 0. The van der Waals surface area contributed by atoms with Crippen LogP contribution in [-0.2, 0) is 10.0 Å². The zero-order valence-corrected chi connectivity index (χ0v) is 17.6. The number of methoxy groups -OCH3 is 3. The number of sulfonamides is 1. The second-order valence-corrected chi connectivity index (χ2v) is 7.95. The van der Waals surface area contributed by atoms with Crippen LogP contribution in [0.3, 0.4) is 0 Å². The standard InChI is InChI=1S/C20H22N2O6S/c1-12-13(2)21-28-20(12)14-6-7-18(27-5)19(8-14)29(23,24)22-15-9-16(25-3)11-17(10-15)26-4/h6-11,22H,1-5H3. The van der Waals surface area contributed by atoms with E-state index in [2.05, 4.69) is 9.88 Å². The van der Waals surface area contributed by atoms with Gasteiger partial charge in [-0.1, -0.05) is 5.16 Å². The van der Waals surface area contributed by atoms with Gasteiger partial charge in [-0.3, -0.25) is 4.72 Å². The molecule has 0 unspecified atom stereocenters. The predicted octanol–water partition coefficient (Wildman–Crippen LogP) is 3.79. The number of benzene rings is 2. The quantitative estimate of drug-likeness (QED) is 0.623. The zero-order valence-electron chi connectivity index (χ0n) is 16.8. The van der Waals surface area contributed by atoms with Crippen molar-refractivity contribution in [3.05, 3.63) is 47.7 Å². The molecule has 8 nitrogen and oxygen atoms in total. The van der Waals surface area contributed by atoms with Crippen molar-refractivity contribution in [2.75, 3.05) is 26.1 Å². The minimum atomic E-state index is -3.99. The van der Waals surface area contributed by atoms with E-state index >= 15 is 0 Å². The van der Waals surface area contributed by atoms with Crippen LogP contribution >= 0.6 is 0 Å². The van der Waals surface area contributed by atoms with Crippen molar-refractivity contribution in [3.8, 4) is 28.6 Å². The summed E-state index contributed by atoms with van der Waals surface area (Å²) in [7, 11) is 0.393. The smallest absolute Gasteiger partial charge is 0.265 e. The molecule has 2 aromatic carbocycles. The van der Waals surface area contributed by atoms with Gasteiger partial charge in [-0.25, -0.2) is 8.42 Å². The molecule has 1 N–H and O–H groups in total. The summed E-state index contributed by atoms with van der Waals surface area (Å²) in [6.45, 7) is 3.68. The molecule has 9 heteroatoms. The molecule has 29 heavy (non-hydrogen) atoms. The van der Waals surface area contributed by atoms with Crippen LogP contribution in [0.1, 0.15) is 11.3 Å².